The van der Waals surface area contributed by atoms with Crippen LogP contribution in [0.1, 0.15) is 31.1 Å². The molecule has 3 aromatic rings. The summed E-state index contributed by atoms with van der Waals surface area (Å²) in [7, 11) is 0. The van der Waals surface area contributed by atoms with Crippen molar-refractivity contribution in [3.63, 3.8) is 0 Å². The quantitative estimate of drug-likeness (QED) is 0.630. The Morgan fingerprint density at radius 1 is 1.04 bits per heavy atom. The van der Waals surface area contributed by atoms with Crippen molar-refractivity contribution in [2.75, 3.05) is 0 Å². The predicted octanol–water partition coefficient (Wildman–Crippen LogP) is 4.90. The second kappa shape index (κ2) is 5.96. The Bertz CT molecular complexity index is 916. The first-order valence-corrected chi connectivity index (χ1v) is 7.78. The third-order valence-electron chi connectivity index (χ3n) is 3.61. The van der Waals surface area contributed by atoms with E-state index in [2.05, 4.69) is 0 Å². The van der Waals surface area contributed by atoms with Gasteiger partial charge in [0.2, 0.25) is 0 Å². The van der Waals surface area contributed by atoms with Gasteiger partial charge in [-0.05, 0) is 44.5 Å². The van der Waals surface area contributed by atoms with Gasteiger partial charge < -0.3 is 4.74 Å². The Kier molecular flexibility index (Phi) is 3.97. The van der Waals surface area contributed by atoms with Crippen molar-refractivity contribution >= 4 is 23.3 Å². The zero-order valence-corrected chi connectivity index (χ0v) is 13.9. The molecule has 0 fully saturated rings. The first-order chi connectivity index (χ1) is 11.4. The molecule has 0 amide bonds. The lowest BCUT2D eigenvalue weighted by molar-refractivity contribution is 0.0547. The molecule has 0 aliphatic heterocycles. The summed E-state index contributed by atoms with van der Waals surface area (Å²) in [5, 5.41) is 0.940. The highest BCUT2D eigenvalue weighted by molar-refractivity contribution is 5.96. The molecule has 2 aromatic carbocycles. The van der Waals surface area contributed by atoms with Crippen LogP contribution in [0.2, 0.25) is 0 Å². The van der Waals surface area contributed by atoms with Gasteiger partial charge in [0.15, 0.2) is 0 Å². The highest BCUT2D eigenvalue weighted by Gasteiger charge is 2.22. The molecule has 0 spiro atoms. The van der Waals surface area contributed by atoms with Gasteiger partial charge in [0.1, 0.15) is 11.9 Å². The van der Waals surface area contributed by atoms with Gasteiger partial charge >= 0.3 is 6.09 Å². The van der Waals surface area contributed by atoms with Crippen molar-refractivity contribution in [2.24, 2.45) is 0 Å². The lowest BCUT2D eigenvalue weighted by Gasteiger charge is -2.21. The van der Waals surface area contributed by atoms with Crippen LogP contribution in [0.5, 0.6) is 0 Å². The van der Waals surface area contributed by atoms with Crippen LogP contribution in [0.3, 0.4) is 0 Å². The second-order valence-corrected chi connectivity index (χ2v) is 6.65. The molecule has 4 heteroatoms. The molecule has 0 aliphatic rings. The lowest BCUT2D eigenvalue weighted by atomic mass is 10.1. The molecule has 0 saturated heterocycles. The van der Waals surface area contributed by atoms with Crippen molar-refractivity contribution in [2.45, 2.75) is 26.4 Å². The van der Waals surface area contributed by atoms with Gasteiger partial charge in [0.25, 0.3) is 0 Å². The first-order valence-electron chi connectivity index (χ1n) is 7.78. The SMILES string of the molecule is CC(C)(C)OC(=O)n1c(-c2cccc(C=O)c2)cc2ccccc21. The van der Waals surface area contributed by atoms with Gasteiger partial charge in [-0.15, -0.1) is 0 Å². The molecule has 1 aromatic heterocycles. The molecule has 0 atom stereocenters. The van der Waals surface area contributed by atoms with Crippen LogP contribution >= 0.6 is 0 Å². The molecular weight excluding hydrogens is 302 g/mol. The Hall–Kier alpha value is -2.88. The largest absolute Gasteiger partial charge is 0.443 e. The standard InChI is InChI=1S/C20H19NO3/c1-20(2,3)24-19(23)21-17-10-5-4-8-16(17)12-18(21)15-9-6-7-14(11-15)13-22/h4-13H,1-3H3. The number of aromatic nitrogens is 1. The van der Waals surface area contributed by atoms with E-state index in [1.807, 2.05) is 57.2 Å². The highest BCUT2D eigenvalue weighted by Crippen LogP contribution is 2.29. The second-order valence-electron chi connectivity index (χ2n) is 6.65. The molecule has 0 unspecified atom stereocenters. The van der Waals surface area contributed by atoms with Crippen molar-refractivity contribution in [3.05, 3.63) is 60.2 Å². The molecule has 1 heterocycles. The van der Waals surface area contributed by atoms with E-state index < -0.39 is 11.7 Å². The van der Waals surface area contributed by atoms with E-state index in [0.717, 1.165) is 22.8 Å². The molecule has 122 valence electrons. The summed E-state index contributed by atoms with van der Waals surface area (Å²) in [5.74, 6) is 0. The molecule has 0 radical (unpaired) electrons. The van der Waals surface area contributed by atoms with Crippen LogP contribution in [0, 0.1) is 0 Å². The number of hydrogen-bond donors (Lipinski definition) is 0. The molecule has 0 saturated carbocycles. The summed E-state index contributed by atoms with van der Waals surface area (Å²) in [6, 6.07) is 16.7. The predicted molar refractivity (Wildman–Crippen MR) is 94.4 cm³/mol. The normalized spacial score (nSPS) is 11.5. The number of hydrogen-bond acceptors (Lipinski definition) is 3. The summed E-state index contributed by atoms with van der Waals surface area (Å²) < 4.78 is 7.12. The Balaban J connectivity index is 2.21. The van der Waals surface area contributed by atoms with Crippen molar-refractivity contribution in [3.8, 4) is 11.3 Å². The summed E-state index contributed by atoms with van der Waals surface area (Å²) in [6.45, 7) is 5.51. The van der Waals surface area contributed by atoms with Crippen molar-refractivity contribution < 1.29 is 14.3 Å². The maximum Gasteiger partial charge on any atom is 0.419 e. The van der Waals surface area contributed by atoms with E-state index in [-0.39, 0.29) is 0 Å². The van der Waals surface area contributed by atoms with Crippen LogP contribution in [-0.2, 0) is 4.74 Å². The Morgan fingerprint density at radius 3 is 2.50 bits per heavy atom. The fourth-order valence-electron chi connectivity index (χ4n) is 2.64. The molecule has 3 rings (SSSR count). The molecule has 0 bridgehead atoms. The minimum absolute atomic E-state index is 0.435. The summed E-state index contributed by atoms with van der Waals surface area (Å²) >= 11 is 0. The smallest absolute Gasteiger partial charge is 0.419 e. The maximum absolute atomic E-state index is 12.8. The average molecular weight is 321 g/mol. The summed E-state index contributed by atoms with van der Waals surface area (Å²) in [4.78, 5) is 23.8. The first kappa shape index (κ1) is 16.0. The van der Waals surface area contributed by atoms with Crippen LogP contribution in [0.15, 0.2) is 54.6 Å². The molecule has 0 N–H and O–H groups in total. The monoisotopic (exact) mass is 321 g/mol. The number of aldehydes is 1. The third-order valence-corrected chi connectivity index (χ3v) is 3.61. The minimum Gasteiger partial charge on any atom is -0.443 e. The van der Waals surface area contributed by atoms with Gasteiger partial charge in [-0.1, -0.05) is 36.4 Å². The van der Waals surface area contributed by atoms with E-state index >= 15 is 0 Å². The number of nitrogens with zero attached hydrogens (tertiary/aromatic N) is 1. The number of benzene rings is 2. The number of carbonyl (C=O) groups is 2. The van der Waals surface area contributed by atoms with Gasteiger partial charge in [0.05, 0.1) is 11.2 Å². The van der Waals surface area contributed by atoms with E-state index in [4.69, 9.17) is 4.74 Å². The number of carbonyl (C=O) groups excluding carboxylic acids is 2. The number of ether oxygens (including phenoxy) is 1. The summed E-state index contributed by atoms with van der Waals surface area (Å²) in [6.07, 6.45) is 0.361. The maximum atomic E-state index is 12.8. The molecule has 24 heavy (non-hydrogen) atoms. The molecular formula is C20H19NO3. The van der Waals surface area contributed by atoms with Gasteiger partial charge in [-0.3, -0.25) is 4.79 Å². The topological polar surface area (TPSA) is 48.3 Å². The van der Waals surface area contributed by atoms with Crippen LogP contribution in [0.25, 0.3) is 22.2 Å². The summed E-state index contributed by atoms with van der Waals surface area (Å²) in [5.41, 5.74) is 2.24. The number of rotatable bonds is 2. The van der Waals surface area contributed by atoms with E-state index in [0.29, 0.717) is 11.3 Å². The van der Waals surface area contributed by atoms with Crippen LogP contribution in [-0.4, -0.2) is 22.5 Å². The van der Waals surface area contributed by atoms with Gasteiger partial charge in [-0.25, -0.2) is 9.36 Å². The van der Waals surface area contributed by atoms with Crippen LogP contribution < -0.4 is 0 Å². The zero-order valence-electron chi connectivity index (χ0n) is 13.9. The highest BCUT2D eigenvalue weighted by atomic mass is 16.6. The average Bonchev–Trinajstić information content (AvgIpc) is 2.93. The molecule has 0 aliphatic carbocycles. The number of para-hydroxylation sites is 1. The van der Waals surface area contributed by atoms with E-state index in [9.17, 15) is 9.59 Å². The zero-order chi connectivity index (χ0) is 17.3. The third kappa shape index (κ3) is 3.08. The lowest BCUT2D eigenvalue weighted by Crippen LogP contribution is -2.27. The van der Waals surface area contributed by atoms with Gasteiger partial charge in [0, 0.05) is 10.9 Å². The molecule has 4 nitrogen and oxygen atoms in total. The fourth-order valence-corrected chi connectivity index (χ4v) is 2.64. The van der Waals surface area contributed by atoms with Gasteiger partial charge in [-0.2, -0.15) is 0 Å². The van der Waals surface area contributed by atoms with Crippen molar-refractivity contribution in [1.29, 1.82) is 0 Å². The van der Waals surface area contributed by atoms with Crippen LogP contribution in [0.4, 0.5) is 4.79 Å². The van der Waals surface area contributed by atoms with E-state index in [1.54, 1.807) is 22.8 Å². The Morgan fingerprint density at radius 2 is 1.79 bits per heavy atom. The Labute approximate surface area is 140 Å². The number of fused-ring (bicyclic) bond motifs is 1. The van der Waals surface area contributed by atoms with Crippen molar-refractivity contribution in [1.82, 2.24) is 4.57 Å². The van der Waals surface area contributed by atoms with E-state index in [1.165, 1.54) is 0 Å². The minimum atomic E-state index is -0.593. The fraction of sp³-hybridized carbons (Fsp3) is 0.200.